The van der Waals surface area contributed by atoms with E-state index >= 15 is 0 Å². The fraction of sp³-hybridized carbons (Fsp3) is 0.481. The SMILES string of the molecule is CN(C)CCCCNC(=O)Nc1ccc(Cc2ccc(NC(=O)NCCCCN(C)C)cc2)cc1. The lowest BCUT2D eigenvalue weighted by Crippen LogP contribution is -2.29. The van der Waals surface area contributed by atoms with Crippen molar-refractivity contribution < 1.29 is 9.59 Å². The molecule has 0 atom stereocenters. The van der Waals surface area contributed by atoms with Crippen molar-refractivity contribution in [2.75, 3.05) is 65.0 Å². The summed E-state index contributed by atoms with van der Waals surface area (Å²) >= 11 is 0. The minimum absolute atomic E-state index is 0.178. The highest BCUT2D eigenvalue weighted by atomic mass is 16.2. The van der Waals surface area contributed by atoms with Crippen LogP contribution in [0.5, 0.6) is 0 Å². The number of hydrogen-bond donors (Lipinski definition) is 4. The zero-order valence-electron chi connectivity index (χ0n) is 21.7. The van der Waals surface area contributed by atoms with Crippen molar-refractivity contribution in [3.8, 4) is 0 Å². The predicted octanol–water partition coefficient (Wildman–Crippen LogP) is 4.20. The maximum absolute atomic E-state index is 12.0. The van der Waals surface area contributed by atoms with Gasteiger partial charge >= 0.3 is 12.1 Å². The van der Waals surface area contributed by atoms with Gasteiger partial charge in [-0.1, -0.05) is 24.3 Å². The molecule has 0 unspecified atom stereocenters. The van der Waals surface area contributed by atoms with Crippen LogP contribution in [-0.4, -0.2) is 76.2 Å². The number of carbonyl (C=O) groups excluding carboxylic acids is 2. The molecule has 0 aromatic heterocycles. The van der Waals surface area contributed by atoms with Crippen LogP contribution in [0.25, 0.3) is 0 Å². The smallest absolute Gasteiger partial charge is 0.319 e. The van der Waals surface area contributed by atoms with Gasteiger partial charge in [0.25, 0.3) is 0 Å². The Labute approximate surface area is 210 Å². The molecule has 8 nitrogen and oxygen atoms in total. The van der Waals surface area contributed by atoms with Crippen LogP contribution < -0.4 is 21.3 Å². The molecule has 35 heavy (non-hydrogen) atoms. The highest BCUT2D eigenvalue weighted by Gasteiger charge is 2.04. The lowest BCUT2D eigenvalue weighted by atomic mass is 10.0. The highest BCUT2D eigenvalue weighted by molar-refractivity contribution is 5.89. The van der Waals surface area contributed by atoms with Gasteiger partial charge in [0.05, 0.1) is 0 Å². The second-order valence-electron chi connectivity index (χ2n) is 9.35. The first kappa shape index (κ1) is 28.1. The van der Waals surface area contributed by atoms with Crippen LogP contribution >= 0.6 is 0 Å². The number of carbonyl (C=O) groups is 2. The van der Waals surface area contributed by atoms with E-state index in [1.54, 1.807) is 0 Å². The van der Waals surface area contributed by atoms with Crippen molar-refractivity contribution in [2.24, 2.45) is 0 Å². The molecule has 2 aromatic carbocycles. The number of unbranched alkanes of at least 4 members (excludes halogenated alkanes) is 2. The van der Waals surface area contributed by atoms with Gasteiger partial charge in [0.15, 0.2) is 0 Å². The quantitative estimate of drug-likeness (QED) is 0.304. The van der Waals surface area contributed by atoms with Gasteiger partial charge in [-0.05, 0) is 109 Å². The average molecular weight is 483 g/mol. The molecule has 0 aliphatic rings. The minimum Gasteiger partial charge on any atom is -0.338 e. The molecule has 4 amide bonds. The third-order valence-corrected chi connectivity index (χ3v) is 5.47. The lowest BCUT2D eigenvalue weighted by Gasteiger charge is -2.11. The molecular weight excluding hydrogens is 440 g/mol. The number of nitrogens with zero attached hydrogens (tertiary/aromatic N) is 2. The number of anilines is 2. The van der Waals surface area contributed by atoms with Crippen LogP contribution in [0.2, 0.25) is 0 Å². The standard InChI is InChI=1S/C27H42N6O2/c1-32(2)19-7-5-17-28-26(34)30-24-13-9-22(10-14-24)21-23-11-15-25(16-12-23)31-27(35)29-18-6-8-20-33(3)4/h9-16H,5-8,17-21H2,1-4H3,(H2,28,30,34)(H2,29,31,35). The van der Waals surface area contributed by atoms with Gasteiger partial charge in [-0.25, -0.2) is 9.59 Å². The van der Waals surface area contributed by atoms with E-state index in [0.717, 1.165) is 67.7 Å². The van der Waals surface area contributed by atoms with Gasteiger partial charge in [-0.15, -0.1) is 0 Å². The number of rotatable bonds is 14. The minimum atomic E-state index is -0.178. The maximum Gasteiger partial charge on any atom is 0.319 e. The molecule has 0 spiro atoms. The second kappa shape index (κ2) is 15.7. The number of nitrogens with one attached hydrogen (secondary N) is 4. The summed E-state index contributed by atoms with van der Waals surface area (Å²) in [6.07, 6.45) is 4.81. The highest BCUT2D eigenvalue weighted by Crippen LogP contribution is 2.16. The Bertz CT molecular complexity index is 808. The van der Waals surface area contributed by atoms with Crippen LogP contribution in [0, 0.1) is 0 Å². The molecule has 2 aromatic rings. The monoisotopic (exact) mass is 482 g/mol. The van der Waals surface area contributed by atoms with Crippen molar-refractivity contribution in [2.45, 2.75) is 32.1 Å². The summed E-state index contributed by atoms with van der Waals surface area (Å²) in [4.78, 5) is 28.4. The molecular formula is C27H42N6O2. The molecule has 0 aliphatic carbocycles. The topological polar surface area (TPSA) is 88.7 Å². The molecule has 0 radical (unpaired) electrons. The summed E-state index contributed by atoms with van der Waals surface area (Å²) in [5, 5.41) is 11.5. The second-order valence-corrected chi connectivity index (χ2v) is 9.35. The van der Waals surface area contributed by atoms with Gasteiger partial charge in [-0.2, -0.15) is 0 Å². The van der Waals surface area contributed by atoms with Gasteiger partial charge in [0.2, 0.25) is 0 Å². The largest absolute Gasteiger partial charge is 0.338 e. The van der Waals surface area contributed by atoms with Crippen LogP contribution in [0.1, 0.15) is 36.8 Å². The van der Waals surface area contributed by atoms with E-state index < -0.39 is 0 Å². The Morgan fingerprint density at radius 2 is 0.971 bits per heavy atom. The van der Waals surface area contributed by atoms with Crippen LogP contribution in [0.3, 0.4) is 0 Å². The van der Waals surface area contributed by atoms with Crippen LogP contribution in [0.4, 0.5) is 21.0 Å². The van der Waals surface area contributed by atoms with Crippen molar-refractivity contribution in [1.82, 2.24) is 20.4 Å². The first-order chi connectivity index (χ1) is 16.8. The first-order valence-corrected chi connectivity index (χ1v) is 12.4. The van der Waals surface area contributed by atoms with Gasteiger partial charge in [0.1, 0.15) is 0 Å². The molecule has 0 bridgehead atoms. The molecule has 0 fully saturated rings. The summed E-state index contributed by atoms with van der Waals surface area (Å²) in [5.74, 6) is 0. The Morgan fingerprint density at radius 1 is 0.600 bits per heavy atom. The molecule has 0 heterocycles. The fourth-order valence-electron chi connectivity index (χ4n) is 3.51. The van der Waals surface area contributed by atoms with Crippen molar-refractivity contribution in [3.05, 3.63) is 59.7 Å². The van der Waals surface area contributed by atoms with E-state index in [-0.39, 0.29) is 12.1 Å². The number of urea groups is 2. The third-order valence-electron chi connectivity index (χ3n) is 5.47. The maximum atomic E-state index is 12.0. The number of hydrogen-bond acceptors (Lipinski definition) is 4. The van der Waals surface area contributed by atoms with E-state index in [4.69, 9.17) is 0 Å². The number of benzene rings is 2. The van der Waals surface area contributed by atoms with E-state index in [1.807, 2.05) is 76.7 Å². The van der Waals surface area contributed by atoms with Crippen LogP contribution in [-0.2, 0) is 6.42 Å². The molecule has 0 saturated carbocycles. The Hall–Kier alpha value is -3.10. The summed E-state index contributed by atoms with van der Waals surface area (Å²) in [6.45, 7) is 3.38. The zero-order valence-corrected chi connectivity index (χ0v) is 21.7. The van der Waals surface area contributed by atoms with E-state index in [1.165, 1.54) is 0 Å². The van der Waals surface area contributed by atoms with Crippen molar-refractivity contribution in [1.29, 1.82) is 0 Å². The first-order valence-electron chi connectivity index (χ1n) is 12.4. The molecule has 0 saturated heterocycles. The van der Waals surface area contributed by atoms with Crippen LogP contribution in [0.15, 0.2) is 48.5 Å². The normalized spacial score (nSPS) is 10.9. The summed E-state index contributed by atoms with van der Waals surface area (Å²) in [5.41, 5.74) is 3.84. The fourth-order valence-corrected chi connectivity index (χ4v) is 3.51. The molecule has 192 valence electrons. The van der Waals surface area contributed by atoms with E-state index in [9.17, 15) is 9.59 Å². The van der Waals surface area contributed by atoms with Crippen molar-refractivity contribution in [3.63, 3.8) is 0 Å². The molecule has 4 N–H and O–H groups in total. The van der Waals surface area contributed by atoms with Gasteiger partial charge in [0, 0.05) is 24.5 Å². The average Bonchev–Trinajstić information content (AvgIpc) is 2.81. The third kappa shape index (κ3) is 12.8. The lowest BCUT2D eigenvalue weighted by molar-refractivity contribution is 0.251. The Morgan fingerprint density at radius 3 is 1.31 bits per heavy atom. The summed E-state index contributed by atoms with van der Waals surface area (Å²) < 4.78 is 0. The van der Waals surface area contributed by atoms with Crippen molar-refractivity contribution >= 4 is 23.4 Å². The Kier molecular flexibility index (Phi) is 12.7. The molecule has 0 aliphatic heterocycles. The van der Waals surface area contributed by atoms with Gasteiger partial charge in [-0.3, -0.25) is 0 Å². The molecule has 8 heteroatoms. The predicted molar refractivity (Wildman–Crippen MR) is 145 cm³/mol. The van der Waals surface area contributed by atoms with Gasteiger partial charge < -0.3 is 31.1 Å². The zero-order chi connectivity index (χ0) is 25.5. The summed E-state index contributed by atoms with van der Waals surface area (Å²) in [7, 11) is 8.20. The summed E-state index contributed by atoms with van der Waals surface area (Å²) in [6, 6.07) is 15.4. The Balaban J connectivity index is 1.69. The van der Waals surface area contributed by atoms with E-state index in [2.05, 4.69) is 31.1 Å². The molecule has 2 rings (SSSR count). The van der Waals surface area contributed by atoms with E-state index in [0.29, 0.717) is 13.1 Å². The number of amides is 4.